The van der Waals surface area contributed by atoms with Gasteiger partial charge in [0.1, 0.15) is 11.5 Å². The molecule has 21 heavy (non-hydrogen) atoms. The number of hydrogen-bond donors (Lipinski definition) is 3. The zero-order valence-electron chi connectivity index (χ0n) is 11.1. The van der Waals surface area contributed by atoms with Crippen molar-refractivity contribution < 1.29 is 27.9 Å². The summed E-state index contributed by atoms with van der Waals surface area (Å²) in [5.74, 6) is -3.25. The molecule has 0 radical (unpaired) electrons. The first-order chi connectivity index (χ1) is 9.66. The maximum absolute atomic E-state index is 12.6. The normalized spacial score (nSPS) is 12.8. The Morgan fingerprint density at radius 2 is 2.05 bits per heavy atom. The third-order valence-electron chi connectivity index (χ3n) is 2.81. The Balaban J connectivity index is 3.07. The molecule has 0 aliphatic heterocycles. The molecule has 6 nitrogen and oxygen atoms in total. The minimum atomic E-state index is -4.68. The number of rotatable bonds is 6. The molecular formula is C12H14F3N3O3. The highest BCUT2D eigenvalue weighted by atomic mass is 19.4. The van der Waals surface area contributed by atoms with Gasteiger partial charge < -0.3 is 16.2 Å². The molecule has 0 bridgehead atoms. The fourth-order valence-electron chi connectivity index (χ4n) is 1.58. The average Bonchev–Trinajstić information content (AvgIpc) is 2.37. The van der Waals surface area contributed by atoms with Gasteiger partial charge in [-0.15, -0.1) is 0 Å². The van der Waals surface area contributed by atoms with Crippen LogP contribution in [-0.2, 0) is 11.0 Å². The van der Waals surface area contributed by atoms with Crippen LogP contribution in [0.15, 0.2) is 12.1 Å². The zero-order chi connectivity index (χ0) is 16.2. The highest BCUT2D eigenvalue weighted by Crippen LogP contribution is 2.29. The maximum atomic E-state index is 12.6. The highest BCUT2D eigenvalue weighted by Gasteiger charge is 2.33. The van der Waals surface area contributed by atoms with Crippen molar-refractivity contribution in [2.45, 2.75) is 19.5 Å². The van der Waals surface area contributed by atoms with Crippen LogP contribution in [0, 0.1) is 5.92 Å². The lowest BCUT2D eigenvalue weighted by Crippen LogP contribution is -2.25. The molecule has 9 heteroatoms. The van der Waals surface area contributed by atoms with Gasteiger partial charge in [0.25, 0.3) is 5.91 Å². The van der Waals surface area contributed by atoms with E-state index >= 15 is 0 Å². The van der Waals surface area contributed by atoms with Crippen LogP contribution in [0.1, 0.15) is 29.4 Å². The second kappa shape index (κ2) is 6.42. The first-order valence-electron chi connectivity index (χ1n) is 6.01. The lowest BCUT2D eigenvalue weighted by Gasteiger charge is -2.15. The zero-order valence-corrected chi connectivity index (χ0v) is 11.1. The van der Waals surface area contributed by atoms with E-state index in [4.69, 9.17) is 10.8 Å². The summed E-state index contributed by atoms with van der Waals surface area (Å²) >= 11 is 0. The van der Waals surface area contributed by atoms with Crippen LogP contribution in [0.4, 0.5) is 19.0 Å². The van der Waals surface area contributed by atoms with Gasteiger partial charge in [-0.05, 0) is 18.6 Å². The number of nitrogens with two attached hydrogens (primary N) is 1. The smallest absolute Gasteiger partial charge is 0.433 e. The van der Waals surface area contributed by atoms with Crippen molar-refractivity contribution in [3.05, 3.63) is 23.4 Å². The number of halogens is 3. The number of carboxylic acids is 1. The van der Waals surface area contributed by atoms with Gasteiger partial charge in [0.05, 0.1) is 11.5 Å². The third-order valence-corrected chi connectivity index (χ3v) is 2.81. The minimum absolute atomic E-state index is 0.166. The molecule has 1 aromatic rings. The number of nitrogens with zero attached hydrogens (tertiary/aromatic N) is 1. The summed E-state index contributed by atoms with van der Waals surface area (Å²) in [6, 6.07) is 1.54. The van der Waals surface area contributed by atoms with Crippen molar-refractivity contribution in [3.8, 4) is 0 Å². The lowest BCUT2D eigenvalue weighted by molar-refractivity contribution is -0.142. The molecule has 0 aliphatic carbocycles. The van der Waals surface area contributed by atoms with Gasteiger partial charge in [0.15, 0.2) is 0 Å². The molecule has 1 heterocycles. The summed E-state index contributed by atoms with van der Waals surface area (Å²) in [5.41, 5.74) is 3.63. The molecule has 0 saturated heterocycles. The predicted octanol–water partition coefficient (Wildman–Crippen LogP) is 1.72. The number of amides is 1. The van der Waals surface area contributed by atoms with Crippen molar-refractivity contribution in [2.24, 2.45) is 11.7 Å². The van der Waals surface area contributed by atoms with Crippen LogP contribution in [0.2, 0.25) is 0 Å². The Hall–Kier alpha value is -2.32. The van der Waals surface area contributed by atoms with E-state index in [1.54, 1.807) is 6.92 Å². The number of pyridine rings is 1. The molecule has 4 N–H and O–H groups in total. The van der Waals surface area contributed by atoms with Gasteiger partial charge in [0.2, 0.25) is 0 Å². The number of aliphatic carboxylic acids is 1. The van der Waals surface area contributed by atoms with Crippen molar-refractivity contribution in [2.75, 3.05) is 11.9 Å². The summed E-state index contributed by atoms with van der Waals surface area (Å²) in [6.45, 7) is 1.45. The Labute approximate surface area is 118 Å². The second-order valence-corrected chi connectivity index (χ2v) is 4.28. The summed E-state index contributed by atoms with van der Waals surface area (Å²) in [6.07, 6.45) is -4.41. The molecule has 0 saturated carbocycles. The largest absolute Gasteiger partial charge is 0.481 e. The first kappa shape index (κ1) is 16.7. The number of carbonyl (C=O) groups is 2. The van der Waals surface area contributed by atoms with Crippen LogP contribution in [0.5, 0.6) is 0 Å². The Morgan fingerprint density at radius 3 is 2.48 bits per heavy atom. The van der Waals surface area contributed by atoms with E-state index in [-0.39, 0.29) is 24.3 Å². The molecule has 1 unspecified atom stereocenters. The Bertz CT molecular complexity index is 546. The quantitative estimate of drug-likeness (QED) is 0.742. The molecule has 0 fully saturated rings. The van der Waals surface area contributed by atoms with Gasteiger partial charge in [0, 0.05) is 6.54 Å². The molecule has 0 spiro atoms. The van der Waals surface area contributed by atoms with Crippen LogP contribution in [0.3, 0.4) is 0 Å². The molecule has 1 atom stereocenters. The van der Waals surface area contributed by atoms with Crippen LogP contribution < -0.4 is 11.1 Å². The third kappa shape index (κ3) is 4.33. The average molecular weight is 305 g/mol. The topological polar surface area (TPSA) is 105 Å². The Morgan fingerprint density at radius 1 is 1.43 bits per heavy atom. The number of nitrogens with one attached hydrogen (secondary N) is 1. The lowest BCUT2D eigenvalue weighted by atomic mass is 10.1. The SMILES string of the molecule is CCC(CNc1nc(C(F)(F)F)ccc1C(N)=O)C(=O)O. The molecule has 1 amide bonds. The molecule has 0 aliphatic rings. The Kier molecular flexibility index (Phi) is 5.12. The maximum Gasteiger partial charge on any atom is 0.433 e. The van der Waals surface area contributed by atoms with Crippen molar-refractivity contribution in [1.29, 1.82) is 0 Å². The number of primary amides is 1. The van der Waals surface area contributed by atoms with Crippen LogP contribution in [0.25, 0.3) is 0 Å². The van der Waals surface area contributed by atoms with E-state index in [9.17, 15) is 22.8 Å². The molecule has 1 rings (SSSR count). The van der Waals surface area contributed by atoms with E-state index in [1.165, 1.54) is 0 Å². The monoisotopic (exact) mass is 305 g/mol. The van der Waals surface area contributed by atoms with Crippen LogP contribution >= 0.6 is 0 Å². The number of anilines is 1. The number of hydrogen-bond acceptors (Lipinski definition) is 4. The van der Waals surface area contributed by atoms with Gasteiger partial charge >= 0.3 is 12.1 Å². The number of alkyl halides is 3. The van der Waals surface area contributed by atoms with E-state index in [1.807, 2.05) is 0 Å². The minimum Gasteiger partial charge on any atom is -0.481 e. The van der Waals surface area contributed by atoms with E-state index < -0.39 is 29.7 Å². The fraction of sp³-hybridized carbons (Fsp3) is 0.417. The summed E-state index contributed by atoms with van der Waals surface area (Å²) in [4.78, 5) is 25.3. The van der Waals surface area contributed by atoms with Crippen molar-refractivity contribution in [3.63, 3.8) is 0 Å². The van der Waals surface area contributed by atoms with E-state index in [0.717, 1.165) is 6.07 Å². The van der Waals surface area contributed by atoms with Crippen LogP contribution in [-0.4, -0.2) is 28.5 Å². The number of aromatic nitrogens is 1. The summed E-state index contributed by atoms with van der Waals surface area (Å²) in [5, 5.41) is 11.3. The first-order valence-corrected chi connectivity index (χ1v) is 6.01. The van der Waals surface area contributed by atoms with Crippen molar-refractivity contribution in [1.82, 2.24) is 4.98 Å². The predicted molar refractivity (Wildman–Crippen MR) is 67.7 cm³/mol. The van der Waals surface area contributed by atoms with E-state index in [0.29, 0.717) is 6.07 Å². The molecular weight excluding hydrogens is 291 g/mol. The van der Waals surface area contributed by atoms with Gasteiger partial charge in [-0.2, -0.15) is 13.2 Å². The molecule has 0 aromatic carbocycles. The van der Waals surface area contributed by atoms with E-state index in [2.05, 4.69) is 10.3 Å². The molecule has 116 valence electrons. The highest BCUT2D eigenvalue weighted by molar-refractivity contribution is 5.97. The van der Waals surface area contributed by atoms with Gasteiger partial charge in [-0.1, -0.05) is 6.92 Å². The van der Waals surface area contributed by atoms with Gasteiger partial charge in [-0.3, -0.25) is 9.59 Å². The van der Waals surface area contributed by atoms with Crippen molar-refractivity contribution >= 4 is 17.7 Å². The number of carbonyl (C=O) groups excluding carboxylic acids is 1. The van der Waals surface area contributed by atoms with Gasteiger partial charge in [-0.25, -0.2) is 4.98 Å². The summed E-state index contributed by atoms with van der Waals surface area (Å²) < 4.78 is 37.8. The second-order valence-electron chi connectivity index (χ2n) is 4.28. The standard InChI is InChI=1S/C12H14F3N3O3/c1-2-6(11(20)21)5-17-10-7(9(16)19)3-4-8(18-10)12(13,14)15/h3-4,6H,2,5H2,1H3,(H2,16,19)(H,17,18)(H,20,21). The molecule has 1 aromatic heterocycles. The number of carboxylic acid groups (broad SMARTS) is 1. The fourth-order valence-corrected chi connectivity index (χ4v) is 1.58. The summed E-state index contributed by atoms with van der Waals surface area (Å²) in [7, 11) is 0.